The second-order valence-electron chi connectivity index (χ2n) is 9.29. The number of hydrogen-bond donors (Lipinski definition) is 3. The normalized spacial score (nSPS) is 52.5. The van der Waals surface area contributed by atoms with Crippen LogP contribution in [0.4, 0.5) is 0 Å². The number of rotatable bonds is 2. The van der Waals surface area contributed by atoms with Crippen LogP contribution in [0.1, 0.15) is 51.9 Å². The lowest BCUT2D eigenvalue weighted by atomic mass is 9.42. The third-order valence-electron chi connectivity index (χ3n) is 8.69. The van der Waals surface area contributed by atoms with Gasteiger partial charge in [0, 0.05) is 49.2 Å². The Balaban J connectivity index is 1.78. The second-order valence-corrected chi connectivity index (χ2v) is 9.29. The zero-order valence-corrected chi connectivity index (χ0v) is 15.0. The van der Waals surface area contributed by atoms with Crippen molar-refractivity contribution in [2.75, 3.05) is 13.2 Å². The van der Waals surface area contributed by atoms with Crippen LogP contribution in [0.2, 0.25) is 0 Å². The van der Waals surface area contributed by atoms with Crippen LogP contribution in [-0.2, 0) is 9.59 Å². The lowest BCUT2D eigenvalue weighted by molar-refractivity contribution is -0.211. The molecule has 4 aliphatic carbocycles. The molecule has 0 saturated heterocycles. The molecule has 5 nitrogen and oxygen atoms in total. The van der Waals surface area contributed by atoms with E-state index in [1.54, 1.807) is 0 Å². The lowest BCUT2D eigenvalue weighted by Crippen LogP contribution is -2.64. The maximum Gasteiger partial charge on any atom is 0.139 e. The van der Waals surface area contributed by atoms with Crippen molar-refractivity contribution in [3.05, 3.63) is 0 Å². The fourth-order valence-electron chi connectivity index (χ4n) is 7.33. The fraction of sp³-hybridized carbons (Fsp3) is 0.900. The van der Waals surface area contributed by atoms with Gasteiger partial charge in [-0.3, -0.25) is 9.59 Å². The first-order chi connectivity index (χ1) is 11.9. The predicted octanol–water partition coefficient (Wildman–Crippen LogP) is 1.33. The van der Waals surface area contributed by atoms with Crippen LogP contribution in [0.25, 0.3) is 0 Å². The van der Waals surface area contributed by atoms with E-state index in [1.165, 1.54) is 0 Å². The molecular formula is C20H30O5. The van der Waals surface area contributed by atoms with Crippen molar-refractivity contribution in [3.63, 3.8) is 0 Å². The second kappa shape index (κ2) is 5.86. The van der Waals surface area contributed by atoms with Gasteiger partial charge in [0.2, 0.25) is 0 Å². The van der Waals surface area contributed by atoms with Crippen LogP contribution in [0.15, 0.2) is 0 Å². The van der Waals surface area contributed by atoms with Gasteiger partial charge in [0.1, 0.15) is 11.6 Å². The van der Waals surface area contributed by atoms with Crippen LogP contribution in [0, 0.1) is 40.4 Å². The minimum Gasteiger partial charge on any atom is -0.396 e. The van der Waals surface area contributed by atoms with Crippen molar-refractivity contribution in [2.45, 2.75) is 58.0 Å². The molecule has 4 fully saturated rings. The highest BCUT2D eigenvalue weighted by Crippen LogP contribution is 2.66. The average molecular weight is 350 g/mol. The van der Waals surface area contributed by atoms with Crippen molar-refractivity contribution in [3.8, 4) is 0 Å². The topological polar surface area (TPSA) is 94.8 Å². The molecule has 4 rings (SSSR count). The first-order valence-corrected chi connectivity index (χ1v) is 9.84. The zero-order valence-electron chi connectivity index (χ0n) is 15.0. The summed E-state index contributed by atoms with van der Waals surface area (Å²) in [7, 11) is 0. The molecule has 140 valence electrons. The van der Waals surface area contributed by atoms with E-state index in [-0.39, 0.29) is 54.0 Å². The highest BCUT2D eigenvalue weighted by atomic mass is 16.3. The summed E-state index contributed by atoms with van der Waals surface area (Å²) in [5.74, 6) is 0.163. The maximum atomic E-state index is 12.5. The van der Waals surface area contributed by atoms with Crippen molar-refractivity contribution in [2.24, 2.45) is 40.4 Å². The molecule has 4 aliphatic rings. The van der Waals surface area contributed by atoms with E-state index in [4.69, 9.17) is 0 Å². The Morgan fingerprint density at radius 2 is 1.80 bits per heavy atom. The standard InChI is InChI=1S/C20H30O5/c1-19-6-5-14-17(13(19)2-3-16(19)24)18(25)12(9-21)15-8-11(23)4-7-20(14,15)10-22/h12-15,17-18,21-22,25H,2-10H2,1H3. The van der Waals surface area contributed by atoms with Gasteiger partial charge in [0.25, 0.3) is 0 Å². The van der Waals surface area contributed by atoms with E-state index in [2.05, 4.69) is 0 Å². The van der Waals surface area contributed by atoms with Gasteiger partial charge in [0.15, 0.2) is 0 Å². The molecular weight excluding hydrogens is 320 g/mol. The summed E-state index contributed by atoms with van der Waals surface area (Å²) < 4.78 is 0. The van der Waals surface area contributed by atoms with Crippen LogP contribution < -0.4 is 0 Å². The molecule has 4 saturated carbocycles. The van der Waals surface area contributed by atoms with E-state index in [1.807, 2.05) is 6.92 Å². The van der Waals surface area contributed by atoms with Crippen LogP contribution in [0.5, 0.6) is 0 Å². The molecule has 0 radical (unpaired) electrons. The molecule has 0 heterocycles. The Hall–Kier alpha value is -0.780. The van der Waals surface area contributed by atoms with Crippen molar-refractivity contribution in [1.82, 2.24) is 0 Å². The van der Waals surface area contributed by atoms with Crippen molar-refractivity contribution < 1.29 is 24.9 Å². The highest BCUT2D eigenvalue weighted by molar-refractivity contribution is 5.87. The van der Waals surface area contributed by atoms with Gasteiger partial charge in [-0.25, -0.2) is 0 Å². The average Bonchev–Trinajstić information content (AvgIpc) is 2.90. The summed E-state index contributed by atoms with van der Waals surface area (Å²) in [4.78, 5) is 24.6. The number of ketones is 2. The molecule has 5 heteroatoms. The molecule has 0 aromatic heterocycles. The lowest BCUT2D eigenvalue weighted by Gasteiger charge is -2.63. The van der Waals surface area contributed by atoms with Gasteiger partial charge >= 0.3 is 0 Å². The Morgan fingerprint density at radius 1 is 1.04 bits per heavy atom. The van der Waals surface area contributed by atoms with Crippen LogP contribution in [-0.4, -0.2) is 46.2 Å². The van der Waals surface area contributed by atoms with E-state index in [9.17, 15) is 24.9 Å². The SMILES string of the molecule is CC12CCC3C(C(O)C(CO)C4CC(=O)CCC43CO)C1CCC2=O. The smallest absolute Gasteiger partial charge is 0.139 e. The van der Waals surface area contributed by atoms with Gasteiger partial charge < -0.3 is 15.3 Å². The van der Waals surface area contributed by atoms with E-state index < -0.39 is 11.5 Å². The van der Waals surface area contributed by atoms with E-state index in [0.29, 0.717) is 31.5 Å². The Morgan fingerprint density at radius 3 is 2.48 bits per heavy atom. The Labute approximate surface area is 148 Å². The number of aliphatic hydroxyl groups excluding tert-OH is 3. The number of fused-ring (bicyclic) bond motifs is 5. The molecule has 0 aromatic rings. The zero-order chi connectivity index (χ0) is 18.0. The molecule has 0 bridgehead atoms. The van der Waals surface area contributed by atoms with E-state index >= 15 is 0 Å². The third kappa shape index (κ3) is 2.18. The summed E-state index contributed by atoms with van der Waals surface area (Å²) in [5, 5.41) is 31.6. The predicted molar refractivity (Wildman–Crippen MR) is 90.5 cm³/mol. The third-order valence-corrected chi connectivity index (χ3v) is 8.69. The molecule has 0 amide bonds. The van der Waals surface area contributed by atoms with Crippen LogP contribution in [0.3, 0.4) is 0 Å². The molecule has 8 atom stereocenters. The first-order valence-electron chi connectivity index (χ1n) is 9.84. The van der Waals surface area contributed by atoms with Crippen molar-refractivity contribution in [1.29, 1.82) is 0 Å². The van der Waals surface area contributed by atoms with Gasteiger partial charge in [-0.15, -0.1) is 0 Å². The Kier molecular flexibility index (Phi) is 4.13. The minimum atomic E-state index is -0.693. The summed E-state index contributed by atoms with van der Waals surface area (Å²) in [6.07, 6.45) is 3.81. The van der Waals surface area contributed by atoms with Gasteiger partial charge in [-0.05, 0) is 49.4 Å². The largest absolute Gasteiger partial charge is 0.396 e. The number of Topliss-reactive ketones (excluding diaryl/α,β-unsaturated/α-hetero) is 2. The molecule has 25 heavy (non-hydrogen) atoms. The molecule has 8 unspecified atom stereocenters. The molecule has 0 aliphatic heterocycles. The quantitative estimate of drug-likeness (QED) is 0.698. The molecule has 3 N–H and O–H groups in total. The molecule has 0 spiro atoms. The summed E-state index contributed by atoms with van der Waals surface area (Å²) in [5.41, 5.74) is -0.756. The number of aliphatic hydroxyl groups is 3. The minimum absolute atomic E-state index is 0.00666. The van der Waals surface area contributed by atoms with Crippen LogP contribution >= 0.6 is 0 Å². The van der Waals surface area contributed by atoms with Gasteiger partial charge in [-0.1, -0.05) is 6.92 Å². The maximum absolute atomic E-state index is 12.5. The number of carbonyl (C=O) groups is 2. The summed E-state index contributed by atoms with van der Waals surface area (Å²) >= 11 is 0. The monoisotopic (exact) mass is 350 g/mol. The number of hydrogen-bond acceptors (Lipinski definition) is 5. The summed E-state index contributed by atoms with van der Waals surface area (Å²) in [6, 6.07) is 0. The van der Waals surface area contributed by atoms with E-state index in [0.717, 1.165) is 19.3 Å². The fourth-order valence-corrected chi connectivity index (χ4v) is 7.33. The highest BCUT2D eigenvalue weighted by Gasteiger charge is 2.66. The van der Waals surface area contributed by atoms with Gasteiger partial charge in [-0.2, -0.15) is 0 Å². The first kappa shape index (κ1) is 17.6. The summed E-state index contributed by atoms with van der Waals surface area (Å²) in [6.45, 7) is 1.89. The van der Waals surface area contributed by atoms with Gasteiger partial charge in [0.05, 0.1) is 6.10 Å². The van der Waals surface area contributed by atoms with Crippen molar-refractivity contribution >= 4 is 11.6 Å². The molecule has 0 aromatic carbocycles. The Bertz CT molecular complexity index is 589. The number of carbonyl (C=O) groups excluding carboxylic acids is 2.